The van der Waals surface area contributed by atoms with Crippen LogP contribution < -0.4 is 10.2 Å². The van der Waals surface area contributed by atoms with Gasteiger partial charge in [-0.2, -0.15) is 0 Å². The Bertz CT molecular complexity index is 674. The van der Waals surface area contributed by atoms with E-state index in [0.717, 1.165) is 28.3 Å². The second-order valence-corrected chi connectivity index (χ2v) is 7.38. The number of aryl methyl sites for hydroxylation is 1. The molecule has 1 N–H and O–H groups in total. The monoisotopic (exact) mass is 320 g/mol. The maximum Gasteiger partial charge on any atom is 0.242 e. The standard InChI is InChI=1S/C16H24N4OS/c1-7-12-17-13(11-8-9-22-15(11)18-12)20(6)10(2)14(21)19-16(3,4)5/h8-10H,7H2,1-6H3,(H,19,21)/t10-/m1/s1. The topological polar surface area (TPSA) is 58.1 Å². The molecule has 22 heavy (non-hydrogen) atoms. The third kappa shape index (κ3) is 3.55. The van der Waals surface area contributed by atoms with Gasteiger partial charge in [-0.3, -0.25) is 4.79 Å². The number of nitrogens with one attached hydrogen (secondary N) is 1. The van der Waals surface area contributed by atoms with Crippen molar-refractivity contribution in [1.29, 1.82) is 0 Å². The minimum absolute atomic E-state index is 0.00459. The van der Waals surface area contributed by atoms with Gasteiger partial charge < -0.3 is 10.2 Å². The molecule has 0 unspecified atom stereocenters. The third-order valence-corrected chi connectivity index (χ3v) is 4.27. The summed E-state index contributed by atoms with van der Waals surface area (Å²) in [5, 5.41) is 6.03. The molecule has 0 bridgehead atoms. The second kappa shape index (κ2) is 6.20. The molecule has 0 saturated carbocycles. The molecule has 2 aromatic heterocycles. The average Bonchev–Trinajstić information content (AvgIpc) is 2.90. The van der Waals surface area contributed by atoms with Gasteiger partial charge in [-0.25, -0.2) is 9.97 Å². The predicted octanol–water partition coefficient (Wildman–Crippen LogP) is 2.99. The lowest BCUT2D eigenvalue weighted by atomic mass is 10.1. The highest BCUT2D eigenvalue weighted by Crippen LogP contribution is 2.28. The molecular formula is C16H24N4OS. The minimum Gasteiger partial charge on any atom is -0.350 e. The van der Waals surface area contributed by atoms with Crippen LogP contribution in [0.5, 0.6) is 0 Å². The van der Waals surface area contributed by atoms with Crippen LogP contribution in [0.4, 0.5) is 5.82 Å². The molecule has 0 aliphatic carbocycles. The third-order valence-electron chi connectivity index (χ3n) is 3.46. The number of carbonyl (C=O) groups is 1. The van der Waals surface area contributed by atoms with Crippen LogP contribution in [0.3, 0.4) is 0 Å². The number of carbonyl (C=O) groups excluding carboxylic acids is 1. The number of amides is 1. The van der Waals surface area contributed by atoms with Crippen molar-refractivity contribution in [2.45, 2.75) is 52.6 Å². The van der Waals surface area contributed by atoms with Crippen LogP contribution in [0.25, 0.3) is 10.2 Å². The summed E-state index contributed by atoms with van der Waals surface area (Å²) in [5.41, 5.74) is -0.246. The first-order valence-corrected chi connectivity index (χ1v) is 8.40. The summed E-state index contributed by atoms with van der Waals surface area (Å²) in [6.07, 6.45) is 0.775. The Kier molecular flexibility index (Phi) is 4.70. The highest BCUT2D eigenvalue weighted by Gasteiger charge is 2.25. The normalized spacial score (nSPS) is 13.2. The van der Waals surface area contributed by atoms with Gasteiger partial charge in [0.2, 0.25) is 5.91 Å². The van der Waals surface area contributed by atoms with Gasteiger partial charge in [0.1, 0.15) is 22.5 Å². The van der Waals surface area contributed by atoms with Gasteiger partial charge in [-0.1, -0.05) is 6.92 Å². The molecule has 5 nitrogen and oxygen atoms in total. The first kappa shape index (κ1) is 16.7. The summed E-state index contributed by atoms with van der Waals surface area (Å²) >= 11 is 1.60. The van der Waals surface area contributed by atoms with Crippen LogP contribution in [0, 0.1) is 0 Å². The quantitative estimate of drug-likeness (QED) is 0.941. The van der Waals surface area contributed by atoms with Crippen molar-refractivity contribution in [3.63, 3.8) is 0 Å². The number of fused-ring (bicyclic) bond motifs is 1. The van der Waals surface area contributed by atoms with Crippen molar-refractivity contribution in [2.75, 3.05) is 11.9 Å². The number of hydrogen-bond donors (Lipinski definition) is 1. The van der Waals surface area contributed by atoms with E-state index in [-0.39, 0.29) is 17.5 Å². The van der Waals surface area contributed by atoms with Crippen molar-refractivity contribution in [3.05, 3.63) is 17.3 Å². The largest absolute Gasteiger partial charge is 0.350 e. The first-order valence-electron chi connectivity index (χ1n) is 7.52. The SMILES string of the molecule is CCc1nc(N(C)[C@H](C)C(=O)NC(C)(C)C)c2ccsc2n1. The Morgan fingerprint density at radius 1 is 1.41 bits per heavy atom. The van der Waals surface area contributed by atoms with Gasteiger partial charge in [-0.15, -0.1) is 11.3 Å². The van der Waals surface area contributed by atoms with Crippen molar-refractivity contribution >= 4 is 33.3 Å². The predicted molar refractivity (Wildman–Crippen MR) is 92.6 cm³/mol. The van der Waals surface area contributed by atoms with E-state index in [0.29, 0.717) is 0 Å². The number of likely N-dealkylation sites (N-methyl/N-ethyl adjacent to an activating group) is 1. The first-order chi connectivity index (χ1) is 10.2. The number of hydrogen-bond acceptors (Lipinski definition) is 5. The molecule has 2 rings (SSSR count). The second-order valence-electron chi connectivity index (χ2n) is 6.48. The van der Waals surface area contributed by atoms with Crippen molar-refractivity contribution in [3.8, 4) is 0 Å². The van der Waals surface area contributed by atoms with Gasteiger partial charge in [0, 0.05) is 19.0 Å². The van der Waals surface area contributed by atoms with E-state index in [1.54, 1.807) is 11.3 Å². The van der Waals surface area contributed by atoms with Gasteiger partial charge >= 0.3 is 0 Å². The van der Waals surface area contributed by atoms with Crippen LogP contribution in [0.2, 0.25) is 0 Å². The van der Waals surface area contributed by atoms with E-state index in [2.05, 4.69) is 15.3 Å². The van der Waals surface area contributed by atoms with E-state index >= 15 is 0 Å². The number of thiophene rings is 1. The fourth-order valence-corrected chi connectivity index (χ4v) is 2.92. The molecule has 0 spiro atoms. The Labute approximate surface area is 135 Å². The molecule has 0 aliphatic rings. The summed E-state index contributed by atoms with van der Waals surface area (Å²) in [6, 6.07) is 1.71. The van der Waals surface area contributed by atoms with E-state index < -0.39 is 0 Å². The van der Waals surface area contributed by atoms with Crippen LogP contribution >= 0.6 is 11.3 Å². The number of anilines is 1. The minimum atomic E-state index is -0.304. The maximum atomic E-state index is 12.4. The molecule has 0 saturated heterocycles. The Balaban J connectivity index is 2.34. The average molecular weight is 320 g/mol. The summed E-state index contributed by atoms with van der Waals surface area (Å²) in [6.45, 7) is 9.87. The molecule has 2 aromatic rings. The van der Waals surface area contributed by atoms with Crippen LogP contribution in [0.15, 0.2) is 11.4 Å². The fraction of sp³-hybridized carbons (Fsp3) is 0.562. The highest BCUT2D eigenvalue weighted by molar-refractivity contribution is 7.16. The Hall–Kier alpha value is -1.69. The Morgan fingerprint density at radius 2 is 2.09 bits per heavy atom. The van der Waals surface area contributed by atoms with E-state index in [1.165, 1.54) is 0 Å². The smallest absolute Gasteiger partial charge is 0.242 e. The van der Waals surface area contributed by atoms with E-state index in [4.69, 9.17) is 0 Å². The number of nitrogens with zero attached hydrogens (tertiary/aromatic N) is 3. The molecular weight excluding hydrogens is 296 g/mol. The van der Waals surface area contributed by atoms with E-state index in [1.807, 2.05) is 58.0 Å². The van der Waals surface area contributed by atoms with Gasteiger partial charge in [-0.05, 0) is 39.1 Å². The summed E-state index contributed by atoms with van der Waals surface area (Å²) < 4.78 is 0. The number of rotatable bonds is 4. The van der Waals surface area contributed by atoms with E-state index in [9.17, 15) is 4.79 Å². The van der Waals surface area contributed by atoms with Crippen LogP contribution in [-0.4, -0.2) is 34.5 Å². The van der Waals surface area contributed by atoms with Crippen molar-refractivity contribution in [1.82, 2.24) is 15.3 Å². The van der Waals surface area contributed by atoms with Crippen molar-refractivity contribution in [2.24, 2.45) is 0 Å². The molecule has 1 amide bonds. The highest BCUT2D eigenvalue weighted by atomic mass is 32.1. The lowest BCUT2D eigenvalue weighted by molar-refractivity contribution is -0.123. The van der Waals surface area contributed by atoms with Crippen LogP contribution in [-0.2, 0) is 11.2 Å². The molecule has 0 aromatic carbocycles. The zero-order valence-corrected chi connectivity index (χ0v) is 14.9. The molecule has 0 radical (unpaired) electrons. The van der Waals surface area contributed by atoms with Gasteiger partial charge in [0.05, 0.1) is 5.39 Å². The zero-order chi connectivity index (χ0) is 16.5. The molecule has 120 valence electrons. The molecule has 0 fully saturated rings. The molecule has 0 aliphatic heterocycles. The van der Waals surface area contributed by atoms with Crippen LogP contribution in [0.1, 0.15) is 40.4 Å². The van der Waals surface area contributed by atoms with Gasteiger partial charge in [0.25, 0.3) is 0 Å². The zero-order valence-electron chi connectivity index (χ0n) is 14.1. The van der Waals surface area contributed by atoms with Crippen molar-refractivity contribution < 1.29 is 4.79 Å². The lowest BCUT2D eigenvalue weighted by Gasteiger charge is -2.29. The van der Waals surface area contributed by atoms with Gasteiger partial charge in [0.15, 0.2) is 0 Å². The maximum absolute atomic E-state index is 12.4. The molecule has 2 heterocycles. The lowest BCUT2D eigenvalue weighted by Crippen LogP contribution is -2.50. The summed E-state index contributed by atoms with van der Waals surface area (Å²) in [7, 11) is 1.91. The summed E-state index contributed by atoms with van der Waals surface area (Å²) in [5.74, 6) is 1.62. The molecule has 1 atom stereocenters. The fourth-order valence-electron chi connectivity index (χ4n) is 2.14. The molecule has 6 heteroatoms. The Morgan fingerprint density at radius 3 is 2.68 bits per heavy atom. The number of aromatic nitrogens is 2. The summed E-state index contributed by atoms with van der Waals surface area (Å²) in [4.78, 5) is 24.5.